The molecule has 0 spiro atoms. The molecule has 2 nitrogen and oxygen atoms in total. The van der Waals surface area contributed by atoms with Crippen LogP contribution in [0.3, 0.4) is 0 Å². The smallest absolute Gasteiger partial charge is 0.00670 e. The highest BCUT2D eigenvalue weighted by Crippen LogP contribution is 2.20. The third-order valence-electron chi connectivity index (χ3n) is 4.15. The summed E-state index contributed by atoms with van der Waals surface area (Å²) in [7, 11) is 0. The van der Waals surface area contributed by atoms with Crippen LogP contribution in [0.1, 0.15) is 59.8 Å². The molecule has 2 heteroatoms. The van der Waals surface area contributed by atoms with Crippen LogP contribution in [0.4, 0.5) is 0 Å². The molecule has 1 aliphatic heterocycles. The summed E-state index contributed by atoms with van der Waals surface area (Å²) >= 11 is 0. The maximum absolute atomic E-state index is 3.61. The summed E-state index contributed by atoms with van der Waals surface area (Å²) in [5.74, 6) is 1.66. The minimum absolute atomic E-state index is 0.774. The van der Waals surface area contributed by atoms with Gasteiger partial charge in [-0.15, -0.1) is 0 Å². The minimum atomic E-state index is 0.774. The fourth-order valence-corrected chi connectivity index (χ4v) is 2.88. The maximum atomic E-state index is 3.61. The lowest BCUT2D eigenvalue weighted by atomic mass is 10.1. The standard InChI is InChI=1S/C16H34N2/c1-5-6-7-8-15(4)18-10-9-16(13-18)12-17-11-14(2)3/h14-17H,5-13H2,1-4H3. The van der Waals surface area contributed by atoms with Crippen LogP contribution in [0, 0.1) is 11.8 Å². The van der Waals surface area contributed by atoms with Crippen molar-refractivity contribution in [3.05, 3.63) is 0 Å². The summed E-state index contributed by atoms with van der Waals surface area (Å²) in [6.07, 6.45) is 6.93. The summed E-state index contributed by atoms with van der Waals surface area (Å²) in [5, 5.41) is 3.61. The largest absolute Gasteiger partial charge is 0.316 e. The van der Waals surface area contributed by atoms with Gasteiger partial charge in [-0.3, -0.25) is 0 Å². The lowest BCUT2D eigenvalue weighted by Gasteiger charge is -2.24. The molecule has 1 N–H and O–H groups in total. The van der Waals surface area contributed by atoms with Crippen LogP contribution in [-0.4, -0.2) is 37.1 Å². The molecule has 0 amide bonds. The lowest BCUT2D eigenvalue weighted by molar-refractivity contribution is 0.232. The molecule has 1 aliphatic rings. The Balaban J connectivity index is 2.11. The van der Waals surface area contributed by atoms with Crippen molar-refractivity contribution in [2.75, 3.05) is 26.2 Å². The Morgan fingerprint density at radius 3 is 2.67 bits per heavy atom. The average molecular weight is 254 g/mol. The van der Waals surface area contributed by atoms with Crippen molar-refractivity contribution in [2.24, 2.45) is 11.8 Å². The number of hydrogen-bond donors (Lipinski definition) is 1. The fraction of sp³-hybridized carbons (Fsp3) is 1.00. The SMILES string of the molecule is CCCCCC(C)N1CCC(CNCC(C)C)C1. The molecule has 1 saturated heterocycles. The molecule has 0 radical (unpaired) electrons. The Morgan fingerprint density at radius 1 is 1.22 bits per heavy atom. The van der Waals surface area contributed by atoms with E-state index >= 15 is 0 Å². The van der Waals surface area contributed by atoms with Gasteiger partial charge in [0.1, 0.15) is 0 Å². The Bertz CT molecular complexity index is 203. The number of hydrogen-bond acceptors (Lipinski definition) is 2. The second-order valence-corrected chi connectivity index (χ2v) is 6.55. The van der Waals surface area contributed by atoms with Gasteiger partial charge in [-0.2, -0.15) is 0 Å². The Labute approximate surface area is 115 Å². The first-order chi connectivity index (χ1) is 8.63. The zero-order chi connectivity index (χ0) is 13.4. The van der Waals surface area contributed by atoms with Crippen LogP contribution in [-0.2, 0) is 0 Å². The van der Waals surface area contributed by atoms with E-state index in [1.165, 1.54) is 58.3 Å². The van der Waals surface area contributed by atoms with Crippen LogP contribution < -0.4 is 5.32 Å². The number of nitrogens with one attached hydrogen (secondary N) is 1. The van der Waals surface area contributed by atoms with E-state index in [1.54, 1.807) is 0 Å². The Hall–Kier alpha value is -0.0800. The number of nitrogens with zero attached hydrogens (tertiary/aromatic N) is 1. The van der Waals surface area contributed by atoms with Gasteiger partial charge in [0.25, 0.3) is 0 Å². The first-order valence-corrected chi connectivity index (χ1v) is 8.08. The molecule has 0 saturated carbocycles. The highest BCUT2D eigenvalue weighted by Gasteiger charge is 2.25. The van der Waals surface area contributed by atoms with Crippen LogP contribution in [0.5, 0.6) is 0 Å². The van der Waals surface area contributed by atoms with Crippen molar-refractivity contribution in [2.45, 2.75) is 65.8 Å². The Morgan fingerprint density at radius 2 is 2.00 bits per heavy atom. The third kappa shape index (κ3) is 6.19. The normalized spacial score (nSPS) is 22.8. The van der Waals surface area contributed by atoms with Gasteiger partial charge in [-0.1, -0.05) is 40.0 Å². The minimum Gasteiger partial charge on any atom is -0.316 e. The Kier molecular flexibility index (Phi) is 7.92. The predicted molar refractivity (Wildman–Crippen MR) is 81.0 cm³/mol. The van der Waals surface area contributed by atoms with E-state index in [0.29, 0.717) is 0 Å². The van der Waals surface area contributed by atoms with Crippen molar-refractivity contribution < 1.29 is 0 Å². The van der Waals surface area contributed by atoms with Crippen LogP contribution in [0.2, 0.25) is 0 Å². The van der Waals surface area contributed by atoms with E-state index in [0.717, 1.165) is 17.9 Å². The molecule has 108 valence electrons. The summed E-state index contributed by atoms with van der Waals surface area (Å²) in [5.41, 5.74) is 0. The van der Waals surface area contributed by atoms with Crippen molar-refractivity contribution in [3.63, 3.8) is 0 Å². The zero-order valence-corrected chi connectivity index (χ0v) is 13.0. The molecule has 0 aromatic carbocycles. The van der Waals surface area contributed by atoms with E-state index in [-0.39, 0.29) is 0 Å². The first kappa shape index (κ1) is 16.0. The van der Waals surface area contributed by atoms with Crippen molar-refractivity contribution in [3.8, 4) is 0 Å². The van der Waals surface area contributed by atoms with Crippen LogP contribution in [0.25, 0.3) is 0 Å². The second-order valence-electron chi connectivity index (χ2n) is 6.55. The molecule has 1 rings (SSSR count). The molecule has 1 heterocycles. The van der Waals surface area contributed by atoms with E-state index in [9.17, 15) is 0 Å². The second kappa shape index (κ2) is 8.92. The summed E-state index contributed by atoms with van der Waals surface area (Å²) in [6, 6.07) is 0.798. The summed E-state index contributed by atoms with van der Waals surface area (Å²) < 4.78 is 0. The molecule has 0 aromatic rings. The zero-order valence-electron chi connectivity index (χ0n) is 13.0. The fourth-order valence-electron chi connectivity index (χ4n) is 2.88. The van der Waals surface area contributed by atoms with Crippen molar-refractivity contribution in [1.82, 2.24) is 10.2 Å². The highest BCUT2D eigenvalue weighted by molar-refractivity contribution is 4.80. The third-order valence-corrected chi connectivity index (χ3v) is 4.15. The first-order valence-electron chi connectivity index (χ1n) is 8.08. The van der Waals surface area contributed by atoms with Crippen LogP contribution in [0.15, 0.2) is 0 Å². The van der Waals surface area contributed by atoms with Gasteiger partial charge in [0.15, 0.2) is 0 Å². The van der Waals surface area contributed by atoms with Gasteiger partial charge in [0.05, 0.1) is 0 Å². The topological polar surface area (TPSA) is 15.3 Å². The predicted octanol–water partition coefficient (Wildman–Crippen LogP) is 3.52. The van der Waals surface area contributed by atoms with Crippen molar-refractivity contribution >= 4 is 0 Å². The molecule has 0 aliphatic carbocycles. The molecule has 2 atom stereocenters. The van der Waals surface area contributed by atoms with Crippen LogP contribution >= 0.6 is 0 Å². The van der Waals surface area contributed by atoms with Gasteiger partial charge in [0, 0.05) is 12.6 Å². The number of rotatable bonds is 9. The average Bonchev–Trinajstić information content (AvgIpc) is 2.77. The maximum Gasteiger partial charge on any atom is 0.00670 e. The number of likely N-dealkylation sites (tertiary alicyclic amines) is 1. The highest BCUT2D eigenvalue weighted by atomic mass is 15.2. The molecular formula is C16H34N2. The van der Waals surface area contributed by atoms with Gasteiger partial charge in [-0.05, 0) is 51.2 Å². The van der Waals surface area contributed by atoms with Gasteiger partial charge in [-0.25, -0.2) is 0 Å². The number of unbranched alkanes of at least 4 members (excludes halogenated alkanes) is 2. The molecule has 0 aromatic heterocycles. The van der Waals surface area contributed by atoms with Gasteiger partial charge >= 0.3 is 0 Å². The molecule has 18 heavy (non-hydrogen) atoms. The van der Waals surface area contributed by atoms with Crippen molar-refractivity contribution in [1.29, 1.82) is 0 Å². The quantitative estimate of drug-likeness (QED) is 0.633. The molecular weight excluding hydrogens is 220 g/mol. The molecule has 0 bridgehead atoms. The van der Waals surface area contributed by atoms with E-state index in [1.807, 2.05) is 0 Å². The summed E-state index contributed by atoms with van der Waals surface area (Å²) in [6.45, 7) is 14.3. The summed E-state index contributed by atoms with van der Waals surface area (Å²) in [4.78, 5) is 2.71. The van der Waals surface area contributed by atoms with E-state index < -0.39 is 0 Å². The lowest BCUT2D eigenvalue weighted by Crippen LogP contribution is -2.33. The molecule has 2 unspecified atom stereocenters. The van der Waals surface area contributed by atoms with E-state index in [2.05, 4.69) is 37.9 Å². The monoisotopic (exact) mass is 254 g/mol. The van der Waals surface area contributed by atoms with Gasteiger partial charge < -0.3 is 10.2 Å². The van der Waals surface area contributed by atoms with Gasteiger partial charge in [0.2, 0.25) is 0 Å². The molecule has 1 fully saturated rings. The van der Waals surface area contributed by atoms with E-state index in [4.69, 9.17) is 0 Å².